The van der Waals surface area contributed by atoms with Gasteiger partial charge in [-0.1, -0.05) is 0 Å². The van der Waals surface area contributed by atoms with E-state index in [-0.39, 0.29) is 16.8 Å². The summed E-state index contributed by atoms with van der Waals surface area (Å²) in [5, 5.41) is -0.355. The van der Waals surface area contributed by atoms with E-state index >= 15 is 0 Å². The molecular weight excluding hydrogens is 246 g/mol. The number of anilines is 1. The van der Waals surface area contributed by atoms with E-state index in [0.29, 0.717) is 12.8 Å². The SMILES string of the molecule is COC(=O)c1cncc(NS(=O)(=O)C2CC2)n1. The molecule has 0 aromatic carbocycles. The summed E-state index contributed by atoms with van der Waals surface area (Å²) in [5.41, 5.74) is -0.0384. The highest BCUT2D eigenvalue weighted by atomic mass is 32.2. The molecule has 0 atom stereocenters. The zero-order chi connectivity index (χ0) is 12.5. The Labute approximate surface area is 98.3 Å². The molecule has 1 aliphatic carbocycles. The highest BCUT2D eigenvalue weighted by molar-refractivity contribution is 7.93. The molecule has 1 heterocycles. The third-order valence-electron chi connectivity index (χ3n) is 2.24. The maximum absolute atomic E-state index is 11.6. The first-order valence-electron chi connectivity index (χ1n) is 4.95. The van der Waals surface area contributed by atoms with Gasteiger partial charge in [-0.25, -0.2) is 18.2 Å². The van der Waals surface area contributed by atoms with Crippen molar-refractivity contribution >= 4 is 21.8 Å². The van der Waals surface area contributed by atoms with Crippen LogP contribution in [0.2, 0.25) is 0 Å². The summed E-state index contributed by atoms with van der Waals surface area (Å²) in [6.45, 7) is 0. The molecule has 1 fully saturated rings. The van der Waals surface area contributed by atoms with E-state index in [4.69, 9.17) is 0 Å². The fraction of sp³-hybridized carbons (Fsp3) is 0.444. The van der Waals surface area contributed by atoms with E-state index in [1.54, 1.807) is 0 Å². The molecule has 1 aliphatic rings. The number of hydrogen-bond donors (Lipinski definition) is 1. The van der Waals surface area contributed by atoms with Gasteiger partial charge in [-0.3, -0.25) is 9.71 Å². The summed E-state index contributed by atoms with van der Waals surface area (Å²) < 4.78 is 30.0. The number of ether oxygens (including phenoxy) is 1. The number of rotatable bonds is 4. The minimum absolute atomic E-state index is 0.0276. The van der Waals surface area contributed by atoms with E-state index in [1.807, 2.05) is 0 Å². The van der Waals surface area contributed by atoms with Gasteiger partial charge in [-0.05, 0) is 12.8 Å². The predicted octanol–water partition coefficient (Wildman–Crippen LogP) is 0.167. The topological polar surface area (TPSA) is 98.2 Å². The van der Waals surface area contributed by atoms with E-state index in [1.165, 1.54) is 19.5 Å². The Morgan fingerprint density at radius 1 is 1.47 bits per heavy atom. The molecular formula is C9H11N3O4S. The summed E-state index contributed by atoms with van der Waals surface area (Å²) in [5.74, 6) is -0.634. The molecule has 1 aromatic heterocycles. The molecule has 0 aliphatic heterocycles. The molecule has 2 rings (SSSR count). The lowest BCUT2D eigenvalue weighted by molar-refractivity contribution is 0.0593. The molecule has 0 saturated heterocycles. The van der Waals surface area contributed by atoms with Crippen LogP contribution in [-0.4, -0.2) is 36.7 Å². The number of carbonyl (C=O) groups is 1. The van der Waals surface area contributed by atoms with Crippen molar-refractivity contribution in [2.24, 2.45) is 0 Å². The third-order valence-corrected chi connectivity index (χ3v) is 4.08. The summed E-state index contributed by atoms with van der Waals surface area (Å²) in [7, 11) is -2.18. The van der Waals surface area contributed by atoms with E-state index < -0.39 is 16.0 Å². The second-order valence-corrected chi connectivity index (χ2v) is 5.59. The van der Waals surface area contributed by atoms with Crippen molar-refractivity contribution in [3.63, 3.8) is 0 Å². The molecule has 1 N–H and O–H groups in total. The van der Waals surface area contributed by atoms with Gasteiger partial charge < -0.3 is 4.74 Å². The fourth-order valence-corrected chi connectivity index (χ4v) is 2.54. The first kappa shape index (κ1) is 11.8. The molecule has 1 saturated carbocycles. The summed E-state index contributed by atoms with van der Waals surface area (Å²) >= 11 is 0. The van der Waals surface area contributed by atoms with Gasteiger partial charge in [0.25, 0.3) is 0 Å². The average molecular weight is 257 g/mol. The van der Waals surface area contributed by atoms with Crippen LogP contribution in [0, 0.1) is 0 Å². The number of aromatic nitrogens is 2. The number of methoxy groups -OCH3 is 1. The largest absolute Gasteiger partial charge is 0.464 e. The van der Waals surface area contributed by atoms with Gasteiger partial charge in [0.05, 0.1) is 24.8 Å². The molecule has 0 amide bonds. The van der Waals surface area contributed by atoms with Gasteiger partial charge in [-0.15, -0.1) is 0 Å². The lowest BCUT2D eigenvalue weighted by Crippen LogP contribution is -2.19. The lowest BCUT2D eigenvalue weighted by Gasteiger charge is -2.06. The molecule has 1 aromatic rings. The van der Waals surface area contributed by atoms with Crippen LogP contribution in [0.15, 0.2) is 12.4 Å². The molecule has 0 unspecified atom stereocenters. The van der Waals surface area contributed by atoms with Gasteiger partial charge in [0, 0.05) is 0 Å². The molecule has 0 spiro atoms. The molecule has 92 valence electrons. The Balaban J connectivity index is 2.19. The van der Waals surface area contributed by atoms with E-state index in [9.17, 15) is 13.2 Å². The summed E-state index contributed by atoms with van der Waals surface area (Å²) in [4.78, 5) is 18.7. The summed E-state index contributed by atoms with van der Waals surface area (Å²) in [6, 6.07) is 0. The van der Waals surface area contributed by atoms with Gasteiger partial charge in [0.15, 0.2) is 11.5 Å². The standard InChI is InChI=1S/C9H11N3O4S/c1-16-9(13)7-4-10-5-8(11-7)12-17(14,15)6-2-3-6/h4-6H,2-3H2,1H3,(H,11,12). The number of hydrogen-bond acceptors (Lipinski definition) is 6. The lowest BCUT2D eigenvalue weighted by atomic mass is 10.4. The normalized spacial score (nSPS) is 15.4. The molecule has 7 nitrogen and oxygen atoms in total. The van der Waals surface area contributed by atoms with Crippen LogP contribution < -0.4 is 4.72 Å². The van der Waals surface area contributed by atoms with Crippen molar-refractivity contribution in [3.8, 4) is 0 Å². The minimum Gasteiger partial charge on any atom is -0.464 e. The number of carbonyl (C=O) groups excluding carboxylic acids is 1. The fourth-order valence-electron chi connectivity index (χ4n) is 1.23. The molecule has 0 radical (unpaired) electrons. The van der Waals surface area contributed by atoms with Crippen molar-refractivity contribution < 1.29 is 17.9 Å². The summed E-state index contributed by atoms with van der Waals surface area (Å²) in [6.07, 6.45) is 3.76. The second kappa shape index (κ2) is 4.28. The van der Waals surface area contributed by atoms with E-state index in [2.05, 4.69) is 19.4 Å². The maximum Gasteiger partial charge on any atom is 0.358 e. The van der Waals surface area contributed by atoms with Crippen molar-refractivity contribution in [3.05, 3.63) is 18.1 Å². The Bertz CT molecular complexity index is 539. The van der Waals surface area contributed by atoms with Crippen LogP contribution in [0.3, 0.4) is 0 Å². The van der Waals surface area contributed by atoms with Crippen molar-refractivity contribution in [2.75, 3.05) is 11.8 Å². The van der Waals surface area contributed by atoms with Crippen LogP contribution in [-0.2, 0) is 14.8 Å². The smallest absolute Gasteiger partial charge is 0.358 e. The van der Waals surface area contributed by atoms with Crippen LogP contribution in [0.5, 0.6) is 0 Å². The number of nitrogens with zero attached hydrogens (tertiary/aromatic N) is 2. The van der Waals surface area contributed by atoms with E-state index in [0.717, 1.165) is 0 Å². The van der Waals surface area contributed by atoms with Crippen molar-refractivity contribution in [1.82, 2.24) is 9.97 Å². The molecule has 17 heavy (non-hydrogen) atoms. The van der Waals surface area contributed by atoms with Crippen molar-refractivity contribution in [1.29, 1.82) is 0 Å². The minimum atomic E-state index is -3.39. The van der Waals surface area contributed by atoms with Gasteiger partial charge in [-0.2, -0.15) is 0 Å². The van der Waals surface area contributed by atoms with Crippen LogP contribution in [0.4, 0.5) is 5.82 Å². The third kappa shape index (κ3) is 2.70. The van der Waals surface area contributed by atoms with Crippen molar-refractivity contribution in [2.45, 2.75) is 18.1 Å². The molecule has 8 heteroatoms. The highest BCUT2D eigenvalue weighted by Crippen LogP contribution is 2.29. The number of nitrogens with one attached hydrogen (secondary N) is 1. The van der Waals surface area contributed by atoms with Gasteiger partial charge >= 0.3 is 5.97 Å². The van der Waals surface area contributed by atoms with Crippen LogP contribution >= 0.6 is 0 Å². The zero-order valence-electron chi connectivity index (χ0n) is 9.08. The first-order chi connectivity index (χ1) is 8.03. The Kier molecular flexibility index (Phi) is 2.97. The van der Waals surface area contributed by atoms with Crippen LogP contribution in [0.25, 0.3) is 0 Å². The Morgan fingerprint density at radius 3 is 2.76 bits per heavy atom. The second-order valence-electron chi connectivity index (χ2n) is 3.63. The predicted molar refractivity (Wildman–Crippen MR) is 58.9 cm³/mol. The number of sulfonamides is 1. The Hall–Kier alpha value is -1.70. The quantitative estimate of drug-likeness (QED) is 0.772. The monoisotopic (exact) mass is 257 g/mol. The maximum atomic E-state index is 11.6. The zero-order valence-corrected chi connectivity index (χ0v) is 9.90. The Morgan fingerprint density at radius 2 is 2.18 bits per heavy atom. The average Bonchev–Trinajstić information content (AvgIpc) is 3.11. The van der Waals surface area contributed by atoms with Gasteiger partial charge in [0.2, 0.25) is 10.0 Å². The van der Waals surface area contributed by atoms with Gasteiger partial charge in [0.1, 0.15) is 0 Å². The highest BCUT2D eigenvalue weighted by Gasteiger charge is 2.36. The number of esters is 1. The van der Waals surface area contributed by atoms with Crippen LogP contribution in [0.1, 0.15) is 23.3 Å². The molecule has 0 bridgehead atoms. The first-order valence-corrected chi connectivity index (χ1v) is 6.49.